The van der Waals surface area contributed by atoms with Crippen molar-refractivity contribution in [2.45, 2.75) is 0 Å². The Labute approximate surface area is 74.1 Å². The molecule has 0 aliphatic heterocycles. The number of rotatable bonds is 3. The third-order valence-electron chi connectivity index (χ3n) is 0.842. The van der Waals surface area contributed by atoms with Crippen LogP contribution in [0.3, 0.4) is 0 Å². The smallest absolute Gasteiger partial charge is 0.331 e. The number of halogens is 1. The lowest BCUT2D eigenvalue weighted by atomic mass is 10.4. The molecule has 0 spiro atoms. The minimum absolute atomic E-state index is 0.00394. The highest BCUT2D eigenvalue weighted by Crippen LogP contribution is 2.02. The van der Waals surface area contributed by atoms with Gasteiger partial charge in [0.25, 0.3) is 0 Å². The van der Waals surface area contributed by atoms with E-state index in [1.165, 1.54) is 7.11 Å². The summed E-state index contributed by atoms with van der Waals surface area (Å²) in [6, 6.07) is 0. The number of carbonyl (C=O) groups is 2. The van der Waals surface area contributed by atoms with E-state index in [1.54, 1.807) is 0 Å². The van der Waals surface area contributed by atoms with Gasteiger partial charge in [-0.2, -0.15) is 0 Å². The van der Waals surface area contributed by atoms with Crippen LogP contribution in [0.5, 0.6) is 0 Å². The zero-order chi connectivity index (χ0) is 9.56. The lowest BCUT2D eigenvalue weighted by Crippen LogP contribution is -1.94. The van der Waals surface area contributed by atoms with E-state index in [0.29, 0.717) is 0 Å². The van der Waals surface area contributed by atoms with Crippen molar-refractivity contribution in [1.29, 1.82) is 0 Å². The fraction of sp³-hybridized carbons (Fsp3) is 0.143. The van der Waals surface area contributed by atoms with Crippen molar-refractivity contribution in [3.63, 3.8) is 0 Å². The zero-order valence-corrected chi connectivity index (χ0v) is 7.04. The predicted octanol–water partition coefficient (Wildman–Crippen LogP) is 0.923. The molecule has 0 unspecified atom stereocenters. The Morgan fingerprint density at radius 3 is 2.42 bits per heavy atom. The first-order chi connectivity index (χ1) is 5.56. The van der Waals surface area contributed by atoms with Crippen LogP contribution in [0.4, 0.5) is 0 Å². The van der Waals surface area contributed by atoms with E-state index in [0.717, 1.165) is 18.2 Å². The van der Waals surface area contributed by atoms with Crippen LogP contribution in [0.25, 0.3) is 0 Å². The number of carboxylic acids is 1. The van der Waals surface area contributed by atoms with Gasteiger partial charge in [-0.05, 0) is 6.08 Å². The van der Waals surface area contributed by atoms with Crippen molar-refractivity contribution in [3.8, 4) is 0 Å². The molecule has 1 N–H and O–H groups in total. The molecular weight excluding hydrogens is 184 g/mol. The van der Waals surface area contributed by atoms with Gasteiger partial charge in [0, 0.05) is 17.2 Å². The molecular formula is C7H7ClO4. The number of esters is 1. The number of carbonyl (C=O) groups excluding carboxylic acids is 1. The molecule has 0 saturated carbocycles. The van der Waals surface area contributed by atoms with Gasteiger partial charge in [-0.15, -0.1) is 0 Å². The molecule has 0 aliphatic rings. The summed E-state index contributed by atoms with van der Waals surface area (Å²) in [6.45, 7) is 0. The molecule has 0 atom stereocenters. The molecule has 0 radical (unpaired) electrons. The first-order valence-corrected chi connectivity index (χ1v) is 3.30. The van der Waals surface area contributed by atoms with Crippen LogP contribution in [0, 0.1) is 0 Å². The maximum absolute atomic E-state index is 10.5. The van der Waals surface area contributed by atoms with Gasteiger partial charge in [-0.1, -0.05) is 11.6 Å². The number of methoxy groups -OCH3 is 1. The lowest BCUT2D eigenvalue weighted by Gasteiger charge is -1.89. The van der Waals surface area contributed by atoms with Crippen molar-refractivity contribution in [2.24, 2.45) is 0 Å². The predicted molar refractivity (Wildman–Crippen MR) is 42.7 cm³/mol. The van der Waals surface area contributed by atoms with Crippen LogP contribution in [-0.4, -0.2) is 24.2 Å². The molecule has 4 nitrogen and oxygen atoms in total. The number of carboxylic acid groups (broad SMARTS) is 1. The fourth-order valence-corrected chi connectivity index (χ4v) is 0.523. The van der Waals surface area contributed by atoms with Crippen LogP contribution < -0.4 is 0 Å². The normalized spacial score (nSPS) is 11.7. The van der Waals surface area contributed by atoms with E-state index >= 15 is 0 Å². The van der Waals surface area contributed by atoms with Gasteiger partial charge in [0.05, 0.1) is 7.11 Å². The third-order valence-corrected chi connectivity index (χ3v) is 1.08. The van der Waals surface area contributed by atoms with Crippen LogP contribution in [0.2, 0.25) is 0 Å². The third kappa shape index (κ3) is 5.49. The van der Waals surface area contributed by atoms with Gasteiger partial charge in [-0.25, -0.2) is 9.59 Å². The molecule has 0 aromatic heterocycles. The zero-order valence-electron chi connectivity index (χ0n) is 6.28. The molecule has 0 aromatic carbocycles. The van der Waals surface area contributed by atoms with E-state index in [4.69, 9.17) is 16.7 Å². The van der Waals surface area contributed by atoms with Gasteiger partial charge in [0.1, 0.15) is 0 Å². The van der Waals surface area contributed by atoms with Crippen molar-refractivity contribution in [1.82, 2.24) is 0 Å². The summed E-state index contributed by atoms with van der Waals surface area (Å²) in [6.07, 6.45) is 2.88. The van der Waals surface area contributed by atoms with Gasteiger partial charge in [0.15, 0.2) is 0 Å². The molecule has 0 bridgehead atoms. The number of allylic oxidation sites excluding steroid dienone is 2. The minimum atomic E-state index is -1.13. The second-order valence-electron chi connectivity index (χ2n) is 1.72. The Hall–Kier alpha value is -1.29. The maximum Gasteiger partial charge on any atom is 0.331 e. The Balaban J connectivity index is 4.20. The first kappa shape index (κ1) is 10.7. The standard InChI is InChI=1S/C7H7ClO4/c1-12-7(11)4-5(8)2-3-6(9)10/h2-4H,1H3,(H,9,10)/b3-2-,5-4+. The minimum Gasteiger partial charge on any atom is -0.478 e. The fourth-order valence-electron chi connectivity index (χ4n) is 0.371. The molecule has 0 saturated heterocycles. The van der Waals surface area contributed by atoms with E-state index in [2.05, 4.69) is 4.74 Å². The SMILES string of the molecule is COC(=O)/C=C(Cl)\C=C/C(=O)O. The average molecular weight is 191 g/mol. The van der Waals surface area contributed by atoms with Gasteiger partial charge in [0.2, 0.25) is 0 Å². The van der Waals surface area contributed by atoms with Crippen molar-refractivity contribution in [3.05, 3.63) is 23.3 Å². The highest BCUT2D eigenvalue weighted by atomic mass is 35.5. The Morgan fingerprint density at radius 1 is 1.42 bits per heavy atom. The molecule has 66 valence electrons. The second kappa shape index (κ2) is 5.37. The topological polar surface area (TPSA) is 63.6 Å². The quantitative estimate of drug-likeness (QED) is 0.408. The van der Waals surface area contributed by atoms with Crippen molar-refractivity contribution >= 4 is 23.5 Å². The van der Waals surface area contributed by atoms with E-state index < -0.39 is 11.9 Å². The van der Waals surface area contributed by atoms with Gasteiger partial charge >= 0.3 is 11.9 Å². The summed E-state index contributed by atoms with van der Waals surface area (Å²) in [5, 5.41) is 8.17. The second-order valence-corrected chi connectivity index (χ2v) is 2.16. The Kier molecular flexibility index (Phi) is 4.79. The molecule has 12 heavy (non-hydrogen) atoms. The molecule has 5 heteroatoms. The first-order valence-electron chi connectivity index (χ1n) is 2.92. The van der Waals surface area contributed by atoms with E-state index in [9.17, 15) is 9.59 Å². The van der Waals surface area contributed by atoms with Crippen LogP contribution in [0.1, 0.15) is 0 Å². The molecule has 0 aromatic rings. The highest BCUT2D eigenvalue weighted by molar-refractivity contribution is 6.32. The van der Waals surface area contributed by atoms with Crippen LogP contribution >= 0.6 is 11.6 Å². The highest BCUT2D eigenvalue weighted by Gasteiger charge is 1.95. The number of hydrogen-bond donors (Lipinski definition) is 1. The largest absolute Gasteiger partial charge is 0.478 e. The average Bonchev–Trinajstić information content (AvgIpc) is 2.00. The van der Waals surface area contributed by atoms with Crippen LogP contribution in [-0.2, 0) is 14.3 Å². The number of hydrogen-bond acceptors (Lipinski definition) is 3. The van der Waals surface area contributed by atoms with Gasteiger partial charge < -0.3 is 9.84 Å². The van der Waals surface area contributed by atoms with Gasteiger partial charge in [-0.3, -0.25) is 0 Å². The number of ether oxygens (including phenoxy) is 1. The van der Waals surface area contributed by atoms with E-state index in [-0.39, 0.29) is 5.03 Å². The van der Waals surface area contributed by atoms with E-state index in [1.807, 2.05) is 0 Å². The Bertz CT molecular complexity index is 242. The number of aliphatic carboxylic acids is 1. The summed E-state index contributed by atoms with van der Waals surface area (Å²) < 4.78 is 4.25. The monoisotopic (exact) mass is 190 g/mol. The summed E-state index contributed by atoms with van der Waals surface area (Å²) in [5.74, 6) is -1.76. The summed E-state index contributed by atoms with van der Waals surface area (Å²) >= 11 is 5.41. The van der Waals surface area contributed by atoms with Crippen LogP contribution in [0.15, 0.2) is 23.3 Å². The lowest BCUT2D eigenvalue weighted by molar-refractivity contribution is -0.135. The van der Waals surface area contributed by atoms with Crippen molar-refractivity contribution in [2.75, 3.05) is 7.11 Å². The molecule has 0 heterocycles. The summed E-state index contributed by atoms with van der Waals surface area (Å²) in [7, 11) is 1.20. The molecule has 0 fully saturated rings. The Morgan fingerprint density at radius 2 is 2.00 bits per heavy atom. The molecule has 0 aliphatic carbocycles. The summed E-state index contributed by atoms with van der Waals surface area (Å²) in [5.41, 5.74) is 0. The summed E-state index contributed by atoms with van der Waals surface area (Å²) in [4.78, 5) is 20.5. The molecule has 0 amide bonds. The molecule has 0 rings (SSSR count). The maximum atomic E-state index is 10.5. The van der Waals surface area contributed by atoms with Crippen molar-refractivity contribution < 1.29 is 19.4 Å².